The SMILES string of the molecule is Cc1ccc(Cl)cc1N1C(=O)c2cc(C(C)C)nn2C[C@]1(C)C(=O)NC1CCCCCC1. The molecule has 2 amide bonds. The van der Waals surface area contributed by atoms with Crippen molar-refractivity contribution in [1.82, 2.24) is 15.1 Å². The lowest BCUT2D eigenvalue weighted by molar-refractivity contribution is -0.127. The van der Waals surface area contributed by atoms with Gasteiger partial charge in [-0.1, -0.05) is 57.2 Å². The monoisotopic (exact) mass is 456 g/mol. The van der Waals surface area contributed by atoms with Crippen LogP contribution in [-0.4, -0.2) is 33.2 Å². The van der Waals surface area contributed by atoms with E-state index in [1.54, 1.807) is 21.7 Å². The molecule has 2 aromatic rings. The first-order valence-corrected chi connectivity index (χ1v) is 12.1. The van der Waals surface area contributed by atoms with E-state index in [0.29, 0.717) is 22.9 Å². The quantitative estimate of drug-likeness (QED) is 0.641. The van der Waals surface area contributed by atoms with Crippen molar-refractivity contribution in [3.63, 3.8) is 0 Å². The minimum Gasteiger partial charge on any atom is -0.351 e. The van der Waals surface area contributed by atoms with E-state index in [9.17, 15) is 9.59 Å². The molecule has 7 heteroatoms. The van der Waals surface area contributed by atoms with Crippen LogP contribution >= 0.6 is 11.6 Å². The van der Waals surface area contributed by atoms with E-state index in [0.717, 1.165) is 36.9 Å². The van der Waals surface area contributed by atoms with Gasteiger partial charge in [-0.15, -0.1) is 0 Å². The van der Waals surface area contributed by atoms with Crippen LogP contribution in [0.5, 0.6) is 0 Å². The summed E-state index contributed by atoms with van der Waals surface area (Å²) in [4.78, 5) is 29.3. The fourth-order valence-corrected chi connectivity index (χ4v) is 5.02. The summed E-state index contributed by atoms with van der Waals surface area (Å²) < 4.78 is 1.71. The lowest BCUT2D eigenvalue weighted by Gasteiger charge is -2.44. The maximum Gasteiger partial charge on any atom is 0.277 e. The predicted octanol–water partition coefficient (Wildman–Crippen LogP) is 5.23. The molecule has 1 aliphatic heterocycles. The molecule has 1 aromatic carbocycles. The Morgan fingerprint density at radius 2 is 1.88 bits per heavy atom. The molecule has 1 fully saturated rings. The summed E-state index contributed by atoms with van der Waals surface area (Å²) in [7, 11) is 0. The normalized spacial score (nSPS) is 22.1. The number of amides is 2. The Morgan fingerprint density at radius 1 is 1.19 bits per heavy atom. The average Bonchev–Trinajstić information content (AvgIpc) is 3.00. The molecule has 0 spiro atoms. The molecule has 0 unspecified atom stereocenters. The Hall–Kier alpha value is -2.34. The van der Waals surface area contributed by atoms with E-state index in [4.69, 9.17) is 11.6 Å². The van der Waals surface area contributed by atoms with E-state index in [-0.39, 0.29) is 23.8 Å². The third kappa shape index (κ3) is 4.17. The molecule has 2 aliphatic rings. The summed E-state index contributed by atoms with van der Waals surface area (Å²) in [5.41, 5.74) is 1.80. The van der Waals surface area contributed by atoms with Crippen LogP contribution in [-0.2, 0) is 11.3 Å². The number of rotatable bonds is 4. The highest BCUT2D eigenvalue weighted by atomic mass is 35.5. The Bertz CT molecular complexity index is 1020. The molecule has 0 radical (unpaired) electrons. The average molecular weight is 457 g/mol. The predicted molar refractivity (Wildman–Crippen MR) is 127 cm³/mol. The molecular weight excluding hydrogens is 424 g/mol. The molecule has 1 saturated carbocycles. The summed E-state index contributed by atoms with van der Waals surface area (Å²) >= 11 is 6.32. The van der Waals surface area contributed by atoms with Gasteiger partial charge in [0.25, 0.3) is 5.91 Å². The molecule has 4 rings (SSSR count). The summed E-state index contributed by atoms with van der Waals surface area (Å²) in [5, 5.41) is 8.48. The van der Waals surface area contributed by atoms with Gasteiger partial charge >= 0.3 is 0 Å². The number of benzene rings is 1. The van der Waals surface area contributed by atoms with Gasteiger partial charge in [-0.3, -0.25) is 19.2 Å². The van der Waals surface area contributed by atoms with E-state index in [1.807, 2.05) is 26.0 Å². The highest BCUT2D eigenvalue weighted by molar-refractivity contribution is 6.31. The van der Waals surface area contributed by atoms with Crippen molar-refractivity contribution in [3.05, 3.63) is 46.2 Å². The standard InChI is InChI=1S/C25H33ClN4O2/c1-16(2)20-14-22-23(31)30(21-13-18(26)12-11-17(21)3)25(4,15-29(22)28-20)24(32)27-19-9-7-5-6-8-10-19/h11-14,16,19H,5-10,15H2,1-4H3,(H,27,32)/t25-/m1/s1. The van der Waals surface area contributed by atoms with Gasteiger partial charge in [-0.2, -0.15) is 5.10 Å². The Balaban J connectivity index is 1.77. The maximum atomic E-state index is 13.8. The highest BCUT2D eigenvalue weighted by Gasteiger charge is 2.49. The van der Waals surface area contributed by atoms with E-state index in [2.05, 4.69) is 24.3 Å². The second-order valence-corrected chi connectivity index (χ2v) is 10.2. The summed E-state index contributed by atoms with van der Waals surface area (Å²) in [6, 6.07) is 7.47. The number of aromatic nitrogens is 2. The summed E-state index contributed by atoms with van der Waals surface area (Å²) in [6.07, 6.45) is 6.64. The van der Waals surface area contributed by atoms with Crippen molar-refractivity contribution in [1.29, 1.82) is 0 Å². The fraction of sp³-hybridized carbons (Fsp3) is 0.560. The van der Waals surface area contributed by atoms with Crippen LogP contribution < -0.4 is 10.2 Å². The number of aryl methyl sites for hydroxylation is 1. The third-order valence-corrected chi connectivity index (χ3v) is 7.09. The molecule has 6 nitrogen and oxygen atoms in total. The number of carbonyl (C=O) groups is 2. The second-order valence-electron chi connectivity index (χ2n) is 9.77. The van der Waals surface area contributed by atoms with Gasteiger partial charge in [-0.25, -0.2) is 0 Å². The largest absolute Gasteiger partial charge is 0.351 e. The fourth-order valence-electron chi connectivity index (χ4n) is 4.85. The van der Waals surface area contributed by atoms with Crippen molar-refractivity contribution in [2.75, 3.05) is 4.90 Å². The molecule has 0 saturated heterocycles. The molecule has 1 N–H and O–H groups in total. The molecular formula is C25H33ClN4O2. The van der Waals surface area contributed by atoms with Gasteiger partial charge in [0.2, 0.25) is 5.91 Å². The highest BCUT2D eigenvalue weighted by Crippen LogP contribution is 2.36. The van der Waals surface area contributed by atoms with E-state index >= 15 is 0 Å². The first-order chi connectivity index (χ1) is 15.2. The topological polar surface area (TPSA) is 67.2 Å². The number of nitrogens with one attached hydrogen (secondary N) is 1. The lowest BCUT2D eigenvalue weighted by atomic mass is 9.92. The number of hydrogen-bond donors (Lipinski definition) is 1. The van der Waals surface area contributed by atoms with E-state index < -0.39 is 5.54 Å². The van der Waals surface area contributed by atoms with Crippen molar-refractivity contribution in [2.24, 2.45) is 0 Å². The minimum absolute atomic E-state index is 0.135. The number of halogens is 1. The molecule has 1 aliphatic carbocycles. The zero-order valence-electron chi connectivity index (χ0n) is 19.4. The minimum atomic E-state index is -1.12. The zero-order chi connectivity index (χ0) is 23.0. The first kappa shape index (κ1) is 22.8. The first-order valence-electron chi connectivity index (χ1n) is 11.7. The van der Waals surface area contributed by atoms with Crippen LogP contribution in [0.15, 0.2) is 24.3 Å². The Kier molecular flexibility index (Phi) is 6.35. The number of nitrogens with zero attached hydrogens (tertiary/aromatic N) is 3. The van der Waals surface area contributed by atoms with Gasteiger partial charge in [-0.05, 0) is 56.4 Å². The zero-order valence-corrected chi connectivity index (χ0v) is 20.2. The van der Waals surface area contributed by atoms with Crippen LogP contribution in [0.4, 0.5) is 5.69 Å². The van der Waals surface area contributed by atoms with Crippen molar-refractivity contribution >= 4 is 29.1 Å². The van der Waals surface area contributed by atoms with Gasteiger partial charge in [0.05, 0.1) is 12.2 Å². The summed E-state index contributed by atoms with van der Waals surface area (Å²) in [6.45, 7) is 8.18. The molecule has 32 heavy (non-hydrogen) atoms. The van der Waals surface area contributed by atoms with Crippen LogP contribution in [0.25, 0.3) is 0 Å². The molecule has 0 bridgehead atoms. The van der Waals surface area contributed by atoms with Crippen LogP contribution in [0.2, 0.25) is 5.02 Å². The number of anilines is 1. The molecule has 172 valence electrons. The number of fused-ring (bicyclic) bond motifs is 1. The Labute approximate surface area is 195 Å². The molecule has 1 aromatic heterocycles. The van der Waals surface area contributed by atoms with Gasteiger partial charge in [0.1, 0.15) is 11.2 Å². The van der Waals surface area contributed by atoms with Crippen LogP contribution in [0.3, 0.4) is 0 Å². The number of carbonyl (C=O) groups excluding carboxylic acids is 2. The van der Waals surface area contributed by atoms with Gasteiger partial charge in [0.15, 0.2) is 0 Å². The van der Waals surface area contributed by atoms with Crippen LogP contribution in [0.1, 0.15) is 87.0 Å². The van der Waals surface area contributed by atoms with Crippen molar-refractivity contribution in [3.8, 4) is 0 Å². The molecule has 2 heterocycles. The summed E-state index contributed by atoms with van der Waals surface area (Å²) in [5.74, 6) is -0.169. The van der Waals surface area contributed by atoms with Crippen LogP contribution in [0, 0.1) is 6.92 Å². The van der Waals surface area contributed by atoms with Gasteiger partial charge in [0, 0.05) is 16.8 Å². The third-order valence-electron chi connectivity index (χ3n) is 6.86. The Morgan fingerprint density at radius 3 is 2.53 bits per heavy atom. The smallest absolute Gasteiger partial charge is 0.277 e. The van der Waals surface area contributed by atoms with Crippen molar-refractivity contribution in [2.45, 2.75) is 90.3 Å². The maximum absolute atomic E-state index is 13.8. The number of hydrogen-bond acceptors (Lipinski definition) is 3. The molecule has 1 atom stereocenters. The van der Waals surface area contributed by atoms with Gasteiger partial charge < -0.3 is 5.32 Å². The van der Waals surface area contributed by atoms with E-state index in [1.165, 1.54) is 12.8 Å². The van der Waals surface area contributed by atoms with Crippen molar-refractivity contribution < 1.29 is 9.59 Å². The lowest BCUT2D eigenvalue weighted by Crippen LogP contribution is -2.65. The second kappa shape index (κ2) is 8.89.